The second-order valence-electron chi connectivity index (χ2n) is 7.89. The van der Waals surface area contributed by atoms with Crippen molar-refractivity contribution in [1.29, 1.82) is 0 Å². The van der Waals surface area contributed by atoms with Gasteiger partial charge in [-0.15, -0.1) is 22.7 Å². The van der Waals surface area contributed by atoms with Gasteiger partial charge in [0.25, 0.3) is 0 Å². The van der Waals surface area contributed by atoms with Crippen LogP contribution in [-0.2, 0) is 19.5 Å². The smallest absolute Gasteiger partial charge is 0.870 e. The minimum atomic E-state index is -2.11. The first kappa shape index (κ1) is 30.3. The summed E-state index contributed by atoms with van der Waals surface area (Å²) in [6.45, 7) is 0. The third kappa shape index (κ3) is 5.25. The van der Waals surface area contributed by atoms with Crippen molar-refractivity contribution in [1.82, 2.24) is 9.97 Å². The molecule has 6 rings (SSSR count). The van der Waals surface area contributed by atoms with E-state index in [-0.39, 0.29) is 29.5 Å². The van der Waals surface area contributed by atoms with Gasteiger partial charge in [-0.05, 0) is 24.3 Å². The Morgan fingerprint density at radius 2 is 0.780 bits per heavy atom. The van der Waals surface area contributed by atoms with Crippen LogP contribution < -0.4 is 10.2 Å². The van der Waals surface area contributed by atoms with Crippen LogP contribution in [0, 0.1) is 46.5 Å². The third-order valence-corrected chi connectivity index (χ3v) is 7.57. The summed E-state index contributed by atoms with van der Waals surface area (Å²) in [5.74, 6) is -18.7. The number of hydrogen-bond acceptors (Lipinski definition) is 6. The molecule has 2 aromatic heterocycles. The number of aromatic nitrogens is 2. The number of para-hydroxylation sites is 2. The quantitative estimate of drug-likeness (QED) is 0.0853. The van der Waals surface area contributed by atoms with Crippen LogP contribution in [0.25, 0.3) is 41.6 Å². The van der Waals surface area contributed by atoms with Crippen LogP contribution in [0.5, 0.6) is 11.5 Å². The van der Waals surface area contributed by atoms with E-state index in [4.69, 9.17) is 0 Å². The molecule has 4 aromatic carbocycles. The SMILES string of the molecule is [O-]c1c(F)c(F)c(F)c(F)c1-c1nc2ccccc2s1.[O-]c1c(F)c(F)c(F)c(F)c1-c1nc2ccccc2s1.[Zn+2]. The maximum atomic E-state index is 13.7. The number of fused-ring (bicyclic) bond motifs is 2. The molecule has 0 unspecified atom stereocenters. The first-order valence-corrected chi connectivity index (χ1v) is 12.4. The molecule has 41 heavy (non-hydrogen) atoms. The fourth-order valence-electron chi connectivity index (χ4n) is 3.56. The van der Waals surface area contributed by atoms with E-state index in [2.05, 4.69) is 9.97 Å². The number of hydrogen-bond donors (Lipinski definition) is 0. The molecular formula is C26H8F8N2O2S2Zn. The fraction of sp³-hybridized carbons (Fsp3) is 0. The van der Waals surface area contributed by atoms with Gasteiger partial charge in [0.2, 0.25) is 0 Å². The molecule has 0 atom stereocenters. The summed E-state index contributed by atoms with van der Waals surface area (Å²) >= 11 is 1.79. The summed E-state index contributed by atoms with van der Waals surface area (Å²) < 4.78 is 107. The molecule has 0 bridgehead atoms. The van der Waals surface area contributed by atoms with Gasteiger partial charge in [-0.25, -0.2) is 45.1 Å². The van der Waals surface area contributed by atoms with E-state index in [0.717, 1.165) is 22.7 Å². The van der Waals surface area contributed by atoms with Crippen LogP contribution in [0.2, 0.25) is 0 Å². The predicted octanol–water partition coefficient (Wildman–Crippen LogP) is 7.18. The molecule has 0 saturated heterocycles. The van der Waals surface area contributed by atoms with Gasteiger partial charge < -0.3 is 10.2 Å². The Morgan fingerprint density at radius 1 is 0.463 bits per heavy atom. The predicted molar refractivity (Wildman–Crippen MR) is 129 cm³/mol. The van der Waals surface area contributed by atoms with Gasteiger partial charge in [0.1, 0.15) is 10.0 Å². The van der Waals surface area contributed by atoms with Crippen LogP contribution >= 0.6 is 22.7 Å². The maximum absolute atomic E-state index is 13.7. The molecular weight excluding hydrogens is 654 g/mol. The van der Waals surface area contributed by atoms with E-state index < -0.39 is 69.2 Å². The molecule has 0 N–H and O–H groups in total. The Labute approximate surface area is 244 Å². The van der Waals surface area contributed by atoms with E-state index in [1.807, 2.05) is 0 Å². The average Bonchev–Trinajstić information content (AvgIpc) is 3.57. The Balaban J connectivity index is 0.000000184. The Morgan fingerprint density at radius 3 is 1.12 bits per heavy atom. The number of benzene rings is 4. The summed E-state index contributed by atoms with van der Waals surface area (Å²) in [6.07, 6.45) is 0. The molecule has 0 saturated carbocycles. The second kappa shape index (κ2) is 11.7. The molecule has 4 nitrogen and oxygen atoms in total. The van der Waals surface area contributed by atoms with Gasteiger partial charge in [0.05, 0.1) is 20.4 Å². The molecule has 2 heterocycles. The maximum Gasteiger partial charge on any atom is 2.00 e. The zero-order valence-corrected chi connectivity index (χ0v) is 24.5. The van der Waals surface area contributed by atoms with E-state index in [9.17, 15) is 45.3 Å². The van der Waals surface area contributed by atoms with Crippen molar-refractivity contribution in [3.63, 3.8) is 0 Å². The molecule has 0 fully saturated rings. The monoisotopic (exact) mass is 660 g/mol. The largest absolute Gasteiger partial charge is 2.00 e. The minimum absolute atomic E-state index is 0. The fourth-order valence-corrected chi connectivity index (χ4v) is 5.57. The van der Waals surface area contributed by atoms with Gasteiger partial charge >= 0.3 is 19.5 Å². The van der Waals surface area contributed by atoms with Crippen LogP contribution in [0.1, 0.15) is 0 Å². The number of rotatable bonds is 2. The number of nitrogens with zero attached hydrogens (tertiary/aromatic N) is 2. The summed E-state index contributed by atoms with van der Waals surface area (Å²) in [5, 5.41) is 22.8. The summed E-state index contributed by atoms with van der Waals surface area (Å²) in [4.78, 5) is 7.88. The van der Waals surface area contributed by atoms with Crippen LogP contribution in [0.3, 0.4) is 0 Å². The molecule has 0 spiro atoms. The molecule has 6 aromatic rings. The molecule has 0 aliphatic carbocycles. The Hall–Kier alpha value is -3.68. The van der Waals surface area contributed by atoms with E-state index in [1.54, 1.807) is 48.5 Å². The van der Waals surface area contributed by atoms with Gasteiger partial charge in [0.15, 0.2) is 46.5 Å². The summed E-state index contributed by atoms with van der Waals surface area (Å²) in [5.41, 5.74) is -0.863. The van der Waals surface area contributed by atoms with Crippen molar-refractivity contribution in [2.24, 2.45) is 0 Å². The average molecular weight is 662 g/mol. The number of halogens is 8. The molecule has 204 valence electrons. The molecule has 15 heteroatoms. The zero-order valence-electron chi connectivity index (χ0n) is 19.9. The van der Waals surface area contributed by atoms with Crippen LogP contribution in [0.15, 0.2) is 48.5 Å². The first-order valence-electron chi connectivity index (χ1n) is 10.8. The van der Waals surface area contributed by atoms with Crippen molar-refractivity contribution in [3.8, 4) is 32.6 Å². The third-order valence-electron chi connectivity index (χ3n) is 5.46. The Kier molecular flexibility index (Phi) is 8.62. The molecule has 0 aliphatic rings. The summed E-state index contributed by atoms with van der Waals surface area (Å²) in [6, 6.07) is 13.3. The first-order chi connectivity index (χ1) is 19.0. The van der Waals surface area contributed by atoms with Gasteiger partial charge in [-0.2, -0.15) is 0 Å². The van der Waals surface area contributed by atoms with E-state index in [0.29, 0.717) is 20.4 Å². The standard InChI is InChI=1S/2C13H5F4NOS.Zn/c2*14-8-7(12(19)11(17)10(16)9(8)15)13-18-5-3-1-2-4-6(5)20-13;/h2*1-4,19H;/q;;+2/p-2. The summed E-state index contributed by atoms with van der Waals surface area (Å²) in [7, 11) is 0. The van der Waals surface area contributed by atoms with Crippen molar-refractivity contribution >= 4 is 43.1 Å². The normalized spacial score (nSPS) is 10.9. The molecule has 0 amide bonds. The number of thiazole rings is 2. The van der Waals surface area contributed by atoms with Crippen molar-refractivity contribution in [2.75, 3.05) is 0 Å². The van der Waals surface area contributed by atoms with Gasteiger partial charge in [-0.1, -0.05) is 35.8 Å². The van der Waals surface area contributed by atoms with E-state index in [1.165, 1.54) is 0 Å². The topological polar surface area (TPSA) is 71.9 Å². The van der Waals surface area contributed by atoms with Crippen molar-refractivity contribution in [2.45, 2.75) is 0 Å². The zero-order chi connectivity index (χ0) is 28.9. The van der Waals surface area contributed by atoms with Crippen molar-refractivity contribution < 1.29 is 64.8 Å². The second-order valence-corrected chi connectivity index (χ2v) is 9.95. The van der Waals surface area contributed by atoms with Gasteiger partial charge in [0, 0.05) is 11.1 Å². The Bertz CT molecular complexity index is 1680. The van der Waals surface area contributed by atoms with Crippen LogP contribution in [-0.4, -0.2) is 9.97 Å². The van der Waals surface area contributed by atoms with E-state index >= 15 is 0 Å². The van der Waals surface area contributed by atoms with Crippen LogP contribution in [0.4, 0.5) is 35.1 Å². The molecule has 0 radical (unpaired) electrons. The van der Waals surface area contributed by atoms with Gasteiger partial charge in [-0.3, -0.25) is 0 Å². The molecule has 0 aliphatic heterocycles. The minimum Gasteiger partial charge on any atom is -0.870 e. The van der Waals surface area contributed by atoms with Crippen molar-refractivity contribution in [3.05, 3.63) is 95.1 Å².